The van der Waals surface area contributed by atoms with E-state index in [-0.39, 0.29) is 0 Å². The van der Waals surface area contributed by atoms with Gasteiger partial charge in [-0.05, 0) is 48.1 Å². The summed E-state index contributed by atoms with van der Waals surface area (Å²) in [7, 11) is 0. The zero-order valence-corrected chi connectivity index (χ0v) is 13.7. The molecule has 0 bridgehead atoms. The third kappa shape index (κ3) is 3.72. The molecule has 0 amide bonds. The van der Waals surface area contributed by atoms with E-state index in [1.54, 1.807) is 0 Å². The van der Waals surface area contributed by atoms with Gasteiger partial charge in [0.25, 0.3) is 0 Å². The summed E-state index contributed by atoms with van der Waals surface area (Å²) in [5.74, 6) is 0. The first-order valence-electron chi connectivity index (χ1n) is 6.60. The number of fused-ring (bicyclic) bond motifs is 1. The van der Waals surface area contributed by atoms with Gasteiger partial charge in [0.2, 0.25) is 0 Å². The number of hydrogen-bond donors (Lipinski definition) is 3. The van der Waals surface area contributed by atoms with Crippen molar-refractivity contribution >= 4 is 44.6 Å². The van der Waals surface area contributed by atoms with Gasteiger partial charge < -0.3 is 16.1 Å². The lowest BCUT2D eigenvalue weighted by Gasteiger charge is -2.18. The van der Waals surface area contributed by atoms with Crippen molar-refractivity contribution in [3.8, 4) is 0 Å². The Labute approximate surface area is 137 Å². The maximum Gasteiger partial charge on any atom is 0.171 e. The molecule has 0 fully saturated rings. The highest BCUT2D eigenvalue weighted by molar-refractivity contribution is 9.10. The zero-order valence-electron chi connectivity index (χ0n) is 11.3. The van der Waals surface area contributed by atoms with Crippen molar-refractivity contribution in [3.05, 3.63) is 58.6 Å². The number of hydrogen-bond acceptors (Lipinski definition) is 3. The smallest absolute Gasteiger partial charge is 0.171 e. The summed E-state index contributed by atoms with van der Waals surface area (Å²) < 4.78 is 1.05. The minimum absolute atomic E-state index is 0.607. The highest BCUT2D eigenvalue weighted by Crippen LogP contribution is 2.23. The molecule has 2 aromatic carbocycles. The van der Waals surface area contributed by atoms with Crippen LogP contribution in [0.4, 0.5) is 11.4 Å². The van der Waals surface area contributed by atoms with Gasteiger partial charge in [-0.1, -0.05) is 34.1 Å². The first-order valence-corrected chi connectivity index (χ1v) is 7.81. The summed E-state index contributed by atoms with van der Waals surface area (Å²) in [6.45, 7) is 1.50. The molecule has 2 aromatic rings. The van der Waals surface area contributed by atoms with Crippen LogP contribution in [0.15, 0.2) is 53.0 Å². The average Bonchev–Trinajstić information content (AvgIpc) is 2.90. The van der Waals surface area contributed by atoms with Crippen molar-refractivity contribution in [2.24, 2.45) is 0 Å². The molecule has 0 aromatic heterocycles. The largest absolute Gasteiger partial charge is 0.348 e. The van der Waals surface area contributed by atoms with Gasteiger partial charge in [-0.15, -0.1) is 0 Å². The van der Waals surface area contributed by atoms with Crippen molar-refractivity contribution in [2.45, 2.75) is 6.54 Å². The zero-order chi connectivity index (χ0) is 14.7. The lowest BCUT2D eigenvalue weighted by molar-refractivity contribution is 0.337. The molecule has 3 rings (SSSR count). The summed E-state index contributed by atoms with van der Waals surface area (Å²) in [5, 5.41) is 9.04. The number of benzene rings is 2. The van der Waals surface area contributed by atoms with Crippen LogP contribution in [0.5, 0.6) is 0 Å². The van der Waals surface area contributed by atoms with E-state index in [0.29, 0.717) is 11.8 Å². The fraction of sp³-hybridized carbons (Fsp3) is 0.133. The molecule has 6 heteroatoms. The number of thiocarbonyl (C=S) groups is 1. The molecule has 0 unspecified atom stereocenters. The molecule has 1 aliphatic rings. The Hall–Kier alpha value is -1.63. The number of nitrogens with one attached hydrogen (secondary N) is 3. The predicted molar refractivity (Wildman–Crippen MR) is 94.0 cm³/mol. The Morgan fingerprint density at radius 3 is 2.71 bits per heavy atom. The minimum Gasteiger partial charge on any atom is -0.348 e. The molecule has 0 spiro atoms. The van der Waals surface area contributed by atoms with Crippen LogP contribution >= 0.6 is 28.1 Å². The maximum atomic E-state index is 5.30. The minimum atomic E-state index is 0.607. The molecular formula is C15H15BrN4S. The van der Waals surface area contributed by atoms with Gasteiger partial charge in [0.1, 0.15) is 0 Å². The average molecular weight is 363 g/mol. The summed E-state index contributed by atoms with van der Waals surface area (Å²) in [6.07, 6.45) is 0. The molecule has 0 saturated carbocycles. The van der Waals surface area contributed by atoms with Gasteiger partial charge in [-0.2, -0.15) is 5.01 Å². The molecule has 1 aliphatic heterocycles. The SMILES string of the molecule is S=C(NCN1Cc2ccccc2N1)Nc1ccc(Br)cc1. The lowest BCUT2D eigenvalue weighted by atomic mass is 10.2. The monoisotopic (exact) mass is 362 g/mol. The van der Waals surface area contributed by atoms with Gasteiger partial charge in [0.05, 0.1) is 12.4 Å². The first kappa shape index (κ1) is 14.3. The second-order valence-corrected chi connectivity index (χ2v) is 6.09. The van der Waals surface area contributed by atoms with Crippen LogP contribution in [0, 0.1) is 0 Å². The number of rotatable bonds is 3. The van der Waals surface area contributed by atoms with Crippen LogP contribution in [0.25, 0.3) is 0 Å². The Morgan fingerprint density at radius 2 is 1.95 bits per heavy atom. The molecule has 0 aliphatic carbocycles. The highest BCUT2D eigenvalue weighted by Gasteiger charge is 2.16. The Balaban J connectivity index is 1.48. The Kier molecular flexibility index (Phi) is 4.38. The second kappa shape index (κ2) is 6.43. The molecular weight excluding hydrogens is 348 g/mol. The van der Waals surface area contributed by atoms with E-state index in [0.717, 1.165) is 22.4 Å². The molecule has 0 atom stereocenters. The van der Waals surface area contributed by atoms with E-state index in [9.17, 15) is 0 Å². The first-order chi connectivity index (χ1) is 10.2. The summed E-state index contributed by atoms with van der Waals surface area (Å²) in [6, 6.07) is 16.2. The quantitative estimate of drug-likeness (QED) is 0.728. The van der Waals surface area contributed by atoms with E-state index in [1.807, 2.05) is 30.3 Å². The highest BCUT2D eigenvalue weighted by atomic mass is 79.9. The third-order valence-electron chi connectivity index (χ3n) is 3.19. The molecule has 0 radical (unpaired) electrons. The van der Waals surface area contributed by atoms with Crippen molar-refractivity contribution in [1.82, 2.24) is 10.3 Å². The lowest BCUT2D eigenvalue weighted by Crippen LogP contribution is -2.39. The van der Waals surface area contributed by atoms with Crippen LogP contribution in [0.3, 0.4) is 0 Å². The topological polar surface area (TPSA) is 39.3 Å². The Morgan fingerprint density at radius 1 is 1.19 bits per heavy atom. The molecule has 3 N–H and O–H groups in total. The van der Waals surface area contributed by atoms with E-state index in [4.69, 9.17) is 12.2 Å². The number of hydrazine groups is 1. The molecule has 1 heterocycles. The summed E-state index contributed by atoms with van der Waals surface area (Å²) >= 11 is 8.71. The van der Waals surface area contributed by atoms with Gasteiger partial charge >= 0.3 is 0 Å². The van der Waals surface area contributed by atoms with Crippen molar-refractivity contribution in [2.75, 3.05) is 17.4 Å². The number of nitrogens with zero attached hydrogens (tertiary/aromatic N) is 1. The maximum absolute atomic E-state index is 5.30. The van der Waals surface area contributed by atoms with Crippen LogP contribution in [-0.4, -0.2) is 16.8 Å². The number of anilines is 2. The van der Waals surface area contributed by atoms with Gasteiger partial charge in [-0.25, -0.2) is 0 Å². The van der Waals surface area contributed by atoms with Gasteiger partial charge in [0.15, 0.2) is 5.11 Å². The predicted octanol–water partition coefficient (Wildman–Crippen LogP) is 3.54. The van der Waals surface area contributed by atoms with Gasteiger partial charge in [0, 0.05) is 16.7 Å². The van der Waals surface area contributed by atoms with E-state index >= 15 is 0 Å². The van der Waals surface area contributed by atoms with Crippen LogP contribution < -0.4 is 16.1 Å². The standard InChI is InChI=1S/C15H15BrN4S/c16-12-5-7-13(8-6-12)18-15(21)17-10-20-9-11-3-1-2-4-14(11)19-20/h1-8,19H,9-10H2,(H2,17,18,21). The van der Waals surface area contributed by atoms with E-state index in [1.165, 1.54) is 5.56 Å². The van der Waals surface area contributed by atoms with E-state index in [2.05, 4.69) is 55.2 Å². The molecule has 21 heavy (non-hydrogen) atoms. The van der Waals surface area contributed by atoms with Crippen molar-refractivity contribution < 1.29 is 0 Å². The van der Waals surface area contributed by atoms with Gasteiger partial charge in [-0.3, -0.25) is 0 Å². The molecule has 0 saturated heterocycles. The second-order valence-electron chi connectivity index (χ2n) is 4.76. The molecule has 108 valence electrons. The van der Waals surface area contributed by atoms with Crippen LogP contribution in [-0.2, 0) is 6.54 Å². The van der Waals surface area contributed by atoms with Crippen molar-refractivity contribution in [1.29, 1.82) is 0 Å². The van der Waals surface area contributed by atoms with Crippen molar-refractivity contribution in [3.63, 3.8) is 0 Å². The fourth-order valence-electron chi connectivity index (χ4n) is 2.15. The Bertz CT molecular complexity index is 619. The number of halogens is 1. The summed E-state index contributed by atoms with van der Waals surface area (Å²) in [4.78, 5) is 0. The third-order valence-corrected chi connectivity index (χ3v) is 3.96. The fourth-order valence-corrected chi connectivity index (χ4v) is 2.60. The molecule has 4 nitrogen and oxygen atoms in total. The summed E-state index contributed by atoms with van der Waals surface area (Å²) in [5.41, 5.74) is 6.76. The number of para-hydroxylation sites is 1. The van der Waals surface area contributed by atoms with Crippen LogP contribution in [0.2, 0.25) is 0 Å². The van der Waals surface area contributed by atoms with Crippen LogP contribution in [0.1, 0.15) is 5.56 Å². The normalized spacial score (nSPS) is 13.4. The van der Waals surface area contributed by atoms with E-state index < -0.39 is 0 Å².